The molecule has 0 spiro atoms. The minimum Gasteiger partial charge on any atom is -0.494 e. The molecule has 2 fully saturated rings. The summed E-state index contributed by atoms with van der Waals surface area (Å²) in [6, 6.07) is 36.9. The Labute approximate surface area is 694 Å². The molecule has 31 nitrogen and oxygen atoms in total. The number of likely N-dealkylation sites (N-methyl/N-ethyl adjacent to an activating group) is 6. The second-order valence-electron chi connectivity index (χ2n) is 31.7. The van der Waals surface area contributed by atoms with Gasteiger partial charge in [-0.1, -0.05) is 30.7 Å². The molecule has 632 valence electrons. The van der Waals surface area contributed by atoms with Gasteiger partial charge in [-0.3, -0.25) is 38.4 Å². The van der Waals surface area contributed by atoms with Crippen molar-refractivity contribution in [3.63, 3.8) is 0 Å². The van der Waals surface area contributed by atoms with Gasteiger partial charge in [-0.15, -0.1) is 0 Å². The molecule has 0 aliphatic carbocycles. The van der Waals surface area contributed by atoms with Gasteiger partial charge in [0.1, 0.15) is 52.9 Å². The second-order valence-corrected chi connectivity index (χ2v) is 31.7. The van der Waals surface area contributed by atoms with E-state index in [0.29, 0.717) is 81.4 Å². The van der Waals surface area contributed by atoms with Crippen LogP contribution in [0.25, 0.3) is 89.7 Å². The van der Waals surface area contributed by atoms with Crippen LogP contribution >= 0.6 is 0 Å². The van der Waals surface area contributed by atoms with Crippen LogP contribution in [-0.2, 0) is 38.4 Å². The summed E-state index contributed by atoms with van der Waals surface area (Å²) in [5.74, 6) is 0.638. The lowest BCUT2D eigenvalue weighted by Crippen LogP contribution is -2.57. The molecule has 0 bridgehead atoms. The number of primary amides is 1. The van der Waals surface area contributed by atoms with Crippen molar-refractivity contribution >= 4 is 103 Å². The number of hydrogen-bond donors (Lipinski definition) is 6. The van der Waals surface area contributed by atoms with Gasteiger partial charge in [0.05, 0.1) is 70.4 Å². The Balaban J connectivity index is 0.551. The summed E-state index contributed by atoms with van der Waals surface area (Å²) in [4.78, 5) is 162. The van der Waals surface area contributed by atoms with Crippen LogP contribution in [0, 0.1) is 0 Å². The Morgan fingerprint density at radius 2 is 0.832 bits per heavy atom. The molecule has 2 aliphatic rings. The number of H-pyrrole nitrogens is 4. The number of hydrogen-bond acceptors (Lipinski definition) is 19. The highest BCUT2D eigenvalue weighted by molar-refractivity contribution is 5.96. The van der Waals surface area contributed by atoms with Crippen molar-refractivity contribution in [2.24, 2.45) is 11.5 Å². The van der Waals surface area contributed by atoms with Crippen LogP contribution in [0.4, 0.5) is 11.4 Å². The number of benzene rings is 6. The van der Waals surface area contributed by atoms with Crippen molar-refractivity contribution < 1.29 is 47.8 Å². The number of nitrogens with one attached hydrogen (secondary N) is 4. The molecular formula is C88H115N21O10. The molecule has 8 amide bonds. The normalized spacial score (nSPS) is 14.1. The molecule has 2 aliphatic heterocycles. The summed E-state index contributed by atoms with van der Waals surface area (Å²) in [6.45, 7) is 13.5. The molecule has 6 heterocycles. The fraction of sp³-hybridized carbons (Fsp3) is 0.455. The average molecular weight is 1630 g/mol. The van der Waals surface area contributed by atoms with E-state index in [-0.39, 0.29) is 69.8 Å². The number of aromatic nitrogens is 8. The van der Waals surface area contributed by atoms with Gasteiger partial charge in [-0.25, -0.2) is 19.9 Å². The maximum Gasteiger partial charge on any atom is 0.245 e. The SMILES string of the molecule is C[C@@H](C(=O)N(C)[C@@H](C)C(=O)N(C)[C@@H](C)C(=O)N(CCCCN(C)C(=O)CCCOc1cccc(-c2nc3ccc(-c4nc5cc(N6CCN(C)CC6)ccc5[nH]4)cc3[nH]2)c1)CC(N)=O)N(C)C(=O)CN(CCN(C)C(=O)CCCOc1cccc(-c2nc3ccc(-c4nc5cc(N6CCN(C)CC6)ccc5[nH]4)cc3[nH]2)c1)C(=O)CCCCCN. The fourth-order valence-corrected chi connectivity index (χ4v) is 14.9. The Morgan fingerprint density at radius 3 is 1.31 bits per heavy atom. The van der Waals surface area contributed by atoms with E-state index in [0.717, 1.165) is 137 Å². The molecule has 0 radical (unpaired) electrons. The molecule has 3 atom stereocenters. The van der Waals surface area contributed by atoms with E-state index in [9.17, 15) is 38.4 Å². The van der Waals surface area contributed by atoms with Crippen LogP contribution in [0.3, 0.4) is 0 Å². The lowest BCUT2D eigenvalue weighted by molar-refractivity contribution is -0.152. The first-order chi connectivity index (χ1) is 57.2. The molecule has 2 saturated heterocycles. The van der Waals surface area contributed by atoms with E-state index in [2.05, 4.69) is 96.1 Å². The number of imidazole rings is 4. The molecule has 4 aromatic heterocycles. The number of unbranched alkanes of at least 4 members (excludes halogenated alkanes) is 3. The standard InChI is InChI=1S/C88H115N21O10/c1-58(103(8)81(114)57-108(80(113)24-12-11-13-35-89)47-42-102(7)79(112)26-19-49-119-68-23-17-21-62(51-68)83-92-70-32-28-64(53-74(70)96-83)85-94-72-34-30-66(55-76(72)98-85)107-45-40-100(5)41-46-107)86(115)104(9)59(2)87(116)105(10)60(3)88(117)109(56-77(90)110)37-15-14-36-101(6)78(111)25-18-48-118-67-22-16-20-61(50-67)82-91-69-31-27-63(52-73(69)95-82)84-93-71-33-29-65(54-75(71)97-84)106-43-38-99(4)39-44-106/h16-17,20-23,27-34,50-55,58-60H,11-15,18-19,24-26,35-49,56-57,89H2,1-10H3,(H2,90,110)(H,91,95)(H,92,96)(H,93,97)(H,94,98)/t58-,59-,60-/m0/s1. The summed E-state index contributed by atoms with van der Waals surface area (Å²) in [6.07, 6.45) is 4.32. The number of fused-ring (bicyclic) bond motifs is 4. The topological polar surface area (TPSA) is 357 Å². The first-order valence-corrected chi connectivity index (χ1v) is 41.4. The average Bonchev–Trinajstić information content (AvgIpc) is 1.65. The van der Waals surface area contributed by atoms with Crippen molar-refractivity contribution in [2.75, 3.05) is 171 Å². The van der Waals surface area contributed by atoms with Crippen LogP contribution in [0.5, 0.6) is 11.5 Å². The maximum atomic E-state index is 14.2. The highest BCUT2D eigenvalue weighted by Gasteiger charge is 2.36. The van der Waals surface area contributed by atoms with Crippen LogP contribution in [0.15, 0.2) is 121 Å². The van der Waals surface area contributed by atoms with E-state index < -0.39 is 54.2 Å². The number of anilines is 2. The smallest absolute Gasteiger partial charge is 0.245 e. The fourth-order valence-electron chi connectivity index (χ4n) is 14.9. The molecular weight excluding hydrogens is 1510 g/mol. The lowest BCUT2D eigenvalue weighted by Gasteiger charge is -2.36. The van der Waals surface area contributed by atoms with Crippen molar-refractivity contribution in [1.29, 1.82) is 0 Å². The Hall–Kier alpha value is -12.0. The van der Waals surface area contributed by atoms with Gasteiger partial charge in [-0.05, 0) is 177 Å². The number of piperazine rings is 2. The first kappa shape index (κ1) is 86.4. The van der Waals surface area contributed by atoms with Crippen LogP contribution in [-0.4, -0.2) is 310 Å². The second kappa shape index (κ2) is 40.0. The van der Waals surface area contributed by atoms with Gasteiger partial charge in [-0.2, -0.15) is 0 Å². The molecule has 12 rings (SSSR count). The summed E-state index contributed by atoms with van der Waals surface area (Å²) in [5.41, 5.74) is 24.4. The summed E-state index contributed by atoms with van der Waals surface area (Å²) in [5, 5.41) is 0. The van der Waals surface area contributed by atoms with Crippen LogP contribution in [0.2, 0.25) is 0 Å². The minimum atomic E-state index is -1.11. The third kappa shape index (κ3) is 22.1. The van der Waals surface area contributed by atoms with Crippen LogP contribution in [0.1, 0.15) is 85.0 Å². The molecule has 31 heteroatoms. The zero-order valence-electron chi connectivity index (χ0n) is 70.3. The number of aromatic amines is 4. The number of nitrogens with zero attached hydrogens (tertiary/aromatic N) is 15. The summed E-state index contributed by atoms with van der Waals surface area (Å²) in [7, 11) is 12.0. The number of amides is 8. The monoisotopic (exact) mass is 1630 g/mol. The van der Waals surface area contributed by atoms with Gasteiger partial charge in [0, 0.05) is 167 Å². The van der Waals surface area contributed by atoms with Gasteiger partial charge in [0.25, 0.3) is 0 Å². The Kier molecular flexibility index (Phi) is 29.0. The molecule has 10 aromatic rings. The van der Waals surface area contributed by atoms with E-state index >= 15 is 0 Å². The number of nitrogens with two attached hydrogens (primary N) is 2. The van der Waals surface area contributed by atoms with Gasteiger partial charge in [0.2, 0.25) is 47.3 Å². The molecule has 0 saturated carbocycles. The predicted octanol–water partition coefficient (Wildman–Crippen LogP) is 8.28. The maximum absolute atomic E-state index is 14.2. The Bertz CT molecular complexity index is 5210. The molecule has 6 aromatic carbocycles. The Morgan fingerprint density at radius 1 is 0.403 bits per heavy atom. The third-order valence-corrected chi connectivity index (χ3v) is 23.1. The number of rotatable bonds is 39. The number of carbonyl (C=O) groups is 8. The molecule has 8 N–H and O–H groups in total. The molecule has 119 heavy (non-hydrogen) atoms. The quantitative estimate of drug-likeness (QED) is 0.0197. The highest BCUT2D eigenvalue weighted by Crippen LogP contribution is 2.33. The zero-order valence-corrected chi connectivity index (χ0v) is 70.3. The van der Waals surface area contributed by atoms with Gasteiger partial charge < -0.3 is 94.8 Å². The van der Waals surface area contributed by atoms with Crippen molar-refractivity contribution in [3.05, 3.63) is 121 Å². The van der Waals surface area contributed by atoms with E-state index in [1.807, 2.05) is 78.9 Å². The highest BCUT2D eigenvalue weighted by atomic mass is 16.5. The van der Waals surface area contributed by atoms with E-state index in [4.69, 9.17) is 40.9 Å². The molecule has 0 unspecified atom stereocenters. The van der Waals surface area contributed by atoms with Gasteiger partial charge in [0.15, 0.2) is 0 Å². The number of carbonyl (C=O) groups excluding carboxylic acids is 8. The van der Waals surface area contributed by atoms with Crippen molar-refractivity contribution in [2.45, 2.75) is 103 Å². The van der Waals surface area contributed by atoms with E-state index in [1.165, 1.54) is 82.7 Å². The minimum absolute atomic E-state index is 0.0469. The van der Waals surface area contributed by atoms with Gasteiger partial charge >= 0.3 is 0 Å². The van der Waals surface area contributed by atoms with Crippen molar-refractivity contribution in [1.82, 2.24) is 84.0 Å². The van der Waals surface area contributed by atoms with Crippen molar-refractivity contribution in [3.8, 4) is 57.1 Å². The third-order valence-electron chi connectivity index (χ3n) is 23.1. The number of ether oxygens (including phenoxy) is 2. The largest absolute Gasteiger partial charge is 0.494 e. The first-order valence-electron chi connectivity index (χ1n) is 41.4. The predicted molar refractivity (Wildman–Crippen MR) is 463 cm³/mol. The lowest BCUT2D eigenvalue weighted by atomic mass is 10.1. The zero-order chi connectivity index (χ0) is 84.6. The van der Waals surface area contributed by atoms with E-state index in [1.54, 1.807) is 19.0 Å². The summed E-state index contributed by atoms with van der Waals surface area (Å²) >= 11 is 0. The summed E-state index contributed by atoms with van der Waals surface area (Å²) < 4.78 is 12.3. The van der Waals surface area contributed by atoms with Crippen LogP contribution < -0.4 is 30.7 Å².